The first-order valence-electron chi connectivity index (χ1n) is 5.43. The van der Waals surface area contributed by atoms with Gasteiger partial charge in [0.1, 0.15) is 0 Å². The van der Waals surface area contributed by atoms with Gasteiger partial charge in [-0.1, -0.05) is 0 Å². The van der Waals surface area contributed by atoms with Crippen LogP contribution in [0, 0.1) is 0 Å². The maximum Gasteiger partial charge on any atom is 0.208 e. The number of aliphatic imine (C=N–C) groups is 1. The number of nitrogens with one attached hydrogen (secondary N) is 1. The molecule has 0 aromatic heterocycles. The highest BCUT2D eigenvalue weighted by molar-refractivity contribution is 7.91. The number of hydrogen-bond acceptors (Lipinski definition) is 5. The maximum absolute atomic E-state index is 11.4. The third-order valence-corrected chi connectivity index (χ3v) is 4.53. The van der Waals surface area contributed by atoms with Crippen LogP contribution in [0.5, 0.6) is 0 Å². The highest BCUT2D eigenvalue weighted by Gasteiger charge is 2.31. The average Bonchev–Trinajstić information content (AvgIpc) is 2.64. The van der Waals surface area contributed by atoms with E-state index >= 15 is 0 Å². The summed E-state index contributed by atoms with van der Waals surface area (Å²) < 4.78 is 27.6. The minimum Gasteiger partial charge on any atom is -0.383 e. The van der Waals surface area contributed by atoms with Crippen LogP contribution < -0.4 is 11.3 Å². The average molecular weight is 264 g/mol. The highest BCUT2D eigenvalue weighted by atomic mass is 32.2. The maximum atomic E-state index is 11.4. The van der Waals surface area contributed by atoms with Crippen LogP contribution in [0.2, 0.25) is 0 Å². The van der Waals surface area contributed by atoms with Gasteiger partial charge in [-0.15, -0.1) is 0 Å². The molecule has 1 heterocycles. The Morgan fingerprint density at radius 2 is 2.35 bits per heavy atom. The molecule has 0 bridgehead atoms. The fourth-order valence-corrected chi connectivity index (χ4v) is 3.53. The molecule has 1 aliphatic heterocycles. The molecular formula is C9H20N4O3S. The first-order valence-corrected chi connectivity index (χ1v) is 7.25. The smallest absolute Gasteiger partial charge is 0.208 e. The molecule has 1 aliphatic rings. The van der Waals surface area contributed by atoms with Gasteiger partial charge in [0.25, 0.3) is 0 Å². The second-order valence-electron chi connectivity index (χ2n) is 4.01. The van der Waals surface area contributed by atoms with Crippen molar-refractivity contribution in [1.82, 2.24) is 10.3 Å². The van der Waals surface area contributed by atoms with Crippen molar-refractivity contribution in [3.63, 3.8) is 0 Å². The second-order valence-corrected chi connectivity index (χ2v) is 6.24. The van der Waals surface area contributed by atoms with E-state index in [-0.39, 0.29) is 17.5 Å². The summed E-state index contributed by atoms with van der Waals surface area (Å²) in [5.41, 5.74) is 2.49. The number of nitrogens with two attached hydrogens (primary N) is 1. The van der Waals surface area contributed by atoms with Crippen LogP contribution in [0.3, 0.4) is 0 Å². The van der Waals surface area contributed by atoms with Crippen molar-refractivity contribution in [2.45, 2.75) is 12.5 Å². The van der Waals surface area contributed by atoms with Crippen molar-refractivity contribution in [2.24, 2.45) is 10.8 Å². The molecular weight excluding hydrogens is 244 g/mol. The van der Waals surface area contributed by atoms with Crippen molar-refractivity contribution in [1.29, 1.82) is 0 Å². The molecule has 1 rings (SSSR count). The molecule has 17 heavy (non-hydrogen) atoms. The SMILES string of the molecule is COCCN=C(NN)N(C)C1CCS(=O)(=O)C1. The molecule has 1 atom stereocenters. The normalized spacial score (nSPS) is 23.7. The minimum absolute atomic E-state index is 0.0580. The Hall–Kier alpha value is -0.860. The molecule has 0 amide bonds. The van der Waals surface area contributed by atoms with E-state index in [4.69, 9.17) is 10.6 Å². The molecule has 100 valence electrons. The topological polar surface area (TPSA) is 97.0 Å². The Kier molecular flexibility index (Phi) is 5.16. The molecule has 7 nitrogen and oxygen atoms in total. The minimum atomic E-state index is -2.90. The van der Waals surface area contributed by atoms with Crippen molar-refractivity contribution in [3.8, 4) is 0 Å². The van der Waals surface area contributed by atoms with E-state index in [1.54, 1.807) is 19.1 Å². The van der Waals surface area contributed by atoms with Crippen molar-refractivity contribution >= 4 is 15.8 Å². The standard InChI is InChI=1S/C9H20N4O3S/c1-13(8-3-6-17(14,15)7-8)9(12-10)11-4-5-16-2/h8H,3-7,10H2,1-2H3,(H,11,12). The van der Waals surface area contributed by atoms with Crippen LogP contribution in [0.25, 0.3) is 0 Å². The van der Waals surface area contributed by atoms with Crippen LogP contribution in [0.15, 0.2) is 4.99 Å². The van der Waals surface area contributed by atoms with Crippen molar-refractivity contribution in [3.05, 3.63) is 0 Å². The van der Waals surface area contributed by atoms with Gasteiger partial charge < -0.3 is 9.64 Å². The summed E-state index contributed by atoms with van der Waals surface area (Å²) in [6, 6.07) is -0.0580. The highest BCUT2D eigenvalue weighted by Crippen LogP contribution is 2.16. The van der Waals surface area contributed by atoms with E-state index in [0.29, 0.717) is 25.5 Å². The van der Waals surface area contributed by atoms with Crippen LogP contribution in [-0.2, 0) is 14.6 Å². The van der Waals surface area contributed by atoms with Gasteiger partial charge in [0, 0.05) is 20.2 Å². The molecule has 0 aliphatic carbocycles. The lowest BCUT2D eigenvalue weighted by Crippen LogP contribution is -2.48. The number of nitrogens with zero attached hydrogens (tertiary/aromatic N) is 2. The molecule has 8 heteroatoms. The Balaban J connectivity index is 2.60. The second kappa shape index (κ2) is 6.18. The van der Waals surface area contributed by atoms with Gasteiger partial charge in [0.15, 0.2) is 9.84 Å². The summed E-state index contributed by atoms with van der Waals surface area (Å²) in [6.45, 7) is 0.988. The zero-order valence-corrected chi connectivity index (χ0v) is 11.0. The quantitative estimate of drug-likeness (QED) is 0.212. The van der Waals surface area contributed by atoms with Crippen molar-refractivity contribution < 1.29 is 13.2 Å². The van der Waals surface area contributed by atoms with Crippen molar-refractivity contribution in [2.75, 3.05) is 38.8 Å². The van der Waals surface area contributed by atoms with E-state index in [0.717, 1.165) is 0 Å². The van der Waals surface area contributed by atoms with Gasteiger partial charge in [-0.2, -0.15) is 0 Å². The Morgan fingerprint density at radius 3 is 2.82 bits per heavy atom. The Labute approximate surface area is 102 Å². The molecule has 0 spiro atoms. The van der Waals surface area contributed by atoms with Gasteiger partial charge in [-0.05, 0) is 6.42 Å². The molecule has 0 saturated carbocycles. The number of hydrogen-bond donors (Lipinski definition) is 2. The third-order valence-electron chi connectivity index (χ3n) is 2.78. The summed E-state index contributed by atoms with van der Waals surface area (Å²) in [6.07, 6.45) is 0.615. The lowest BCUT2D eigenvalue weighted by Gasteiger charge is -2.26. The van der Waals surface area contributed by atoms with Gasteiger partial charge >= 0.3 is 0 Å². The van der Waals surface area contributed by atoms with E-state index in [1.807, 2.05) is 0 Å². The fourth-order valence-electron chi connectivity index (χ4n) is 1.76. The lowest BCUT2D eigenvalue weighted by atomic mass is 10.2. The number of ether oxygens (including phenoxy) is 1. The number of guanidine groups is 1. The van der Waals surface area contributed by atoms with E-state index in [9.17, 15) is 8.42 Å². The van der Waals surface area contributed by atoms with Crippen LogP contribution in [0.1, 0.15) is 6.42 Å². The van der Waals surface area contributed by atoms with E-state index in [2.05, 4.69) is 10.4 Å². The number of rotatable bonds is 4. The number of hydrazine groups is 1. The van der Waals surface area contributed by atoms with E-state index < -0.39 is 9.84 Å². The fraction of sp³-hybridized carbons (Fsp3) is 0.889. The zero-order valence-electron chi connectivity index (χ0n) is 10.2. The summed E-state index contributed by atoms with van der Waals surface area (Å²) in [5, 5.41) is 0. The first-order chi connectivity index (χ1) is 8.00. The summed E-state index contributed by atoms with van der Waals surface area (Å²) in [5.74, 6) is 6.26. The summed E-state index contributed by atoms with van der Waals surface area (Å²) in [4.78, 5) is 5.99. The molecule has 3 N–H and O–H groups in total. The largest absolute Gasteiger partial charge is 0.383 e. The molecule has 0 aromatic rings. The Bertz CT molecular complexity index is 368. The molecule has 0 radical (unpaired) electrons. The van der Waals surface area contributed by atoms with Gasteiger partial charge in [0.05, 0.1) is 24.7 Å². The monoisotopic (exact) mass is 264 g/mol. The molecule has 1 unspecified atom stereocenters. The summed E-state index contributed by atoms with van der Waals surface area (Å²) >= 11 is 0. The number of methoxy groups -OCH3 is 1. The Morgan fingerprint density at radius 1 is 1.65 bits per heavy atom. The van der Waals surface area contributed by atoms with Gasteiger partial charge in [0.2, 0.25) is 5.96 Å². The predicted molar refractivity (Wildman–Crippen MR) is 66.3 cm³/mol. The summed E-state index contributed by atoms with van der Waals surface area (Å²) in [7, 11) is 0.487. The van der Waals surface area contributed by atoms with Crippen LogP contribution in [0.4, 0.5) is 0 Å². The molecule has 1 saturated heterocycles. The predicted octanol–water partition coefficient (Wildman–Crippen LogP) is -1.43. The molecule has 0 aromatic carbocycles. The number of sulfone groups is 1. The van der Waals surface area contributed by atoms with E-state index in [1.165, 1.54) is 0 Å². The first kappa shape index (κ1) is 14.2. The van der Waals surface area contributed by atoms with Crippen LogP contribution in [-0.4, -0.2) is 64.1 Å². The lowest BCUT2D eigenvalue weighted by molar-refractivity contribution is 0.207. The zero-order chi connectivity index (χ0) is 12.9. The third kappa shape index (κ3) is 4.14. The van der Waals surface area contributed by atoms with Gasteiger partial charge in [-0.25, -0.2) is 19.3 Å². The molecule has 1 fully saturated rings. The van der Waals surface area contributed by atoms with Gasteiger partial charge in [-0.3, -0.25) is 5.43 Å². The van der Waals surface area contributed by atoms with Crippen LogP contribution >= 0.6 is 0 Å².